The van der Waals surface area contributed by atoms with Gasteiger partial charge in [-0.1, -0.05) is 19.1 Å². The van der Waals surface area contributed by atoms with E-state index < -0.39 is 17.2 Å². The first-order valence-electron chi connectivity index (χ1n) is 9.82. The number of hydrogen-bond acceptors (Lipinski definition) is 5. The summed E-state index contributed by atoms with van der Waals surface area (Å²) in [5.74, 6) is -0.311. The summed E-state index contributed by atoms with van der Waals surface area (Å²) < 4.78 is 8.25. The maximum absolute atomic E-state index is 13.1. The Morgan fingerprint density at radius 1 is 1.13 bits per heavy atom. The van der Waals surface area contributed by atoms with Crippen molar-refractivity contribution in [2.45, 2.75) is 19.8 Å². The lowest BCUT2D eigenvalue weighted by Crippen LogP contribution is -2.37. The summed E-state index contributed by atoms with van der Waals surface area (Å²) in [6.07, 6.45) is 0.404. The SMILES string of the molecule is CCNCCOc1ccc2c(c1)c(=O)n(-c1ccc(CCC(=O)O)cc1)c(=O)n2C. The third-order valence-corrected chi connectivity index (χ3v) is 4.86. The molecule has 0 amide bonds. The van der Waals surface area contributed by atoms with E-state index in [4.69, 9.17) is 9.84 Å². The summed E-state index contributed by atoms with van der Waals surface area (Å²) in [7, 11) is 1.62. The lowest BCUT2D eigenvalue weighted by Gasteiger charge is -2.13. The third-order valence-electron chi connectivity index (χ3n) is 4.86. The first-order valence-corrected chi connectivity index (χ1v) is 9.82. The number of nitrogens with one attached hydrogen (secondary N) is 1. The number of rotatable bonds is 9. The number of aromatic nitrogens is 2. The van der Waals surface area contributed by atoms with Crippen LogP contribution in [0.1, 0.15) is 18.9 Å². The second kappa shape index (κ2) is 9.41. The quantitative estimate of drug-likeness (QED) is 0.520. The van der Waals surface area contributed by atoms with E-state index in [1.54, 1.807) is 49.5 Å². The topological polar surface area (TPSA) is 103 Å². The number of carbonyl (C=O) groups is 1. The molecule has 1 aromatic heterocycles. The van der Waals surface area contributed by atoms with Crippen LogP contribution in [0.3, 0.4) is 0 Å². The minimum atomic E-state index is -0.873. The third kappa shape index (κ3) is 4.60. The van der Waals surface area contributed by atoms with Crippen molar-refractivity contribution in [1.82, 2.24) is 14.5 Å². The van der Waals surface area contributed by atoms with Crippen LogP contribution < -0.4 is 21.3 Å². The lowest BCUT2D eigenvalue weighted by atomic mass is 10.1. The molecule has 8 nitrogen and oxygen atoms in total. The van der Waals surface area contributed by atoms with Crippen LogP contribution in [0.15, 0.2) is 52.1 Å². The number of benzene rings is 2. The molecule has 0 spiro atoms. The number of fused-ring (bicyclic) bond motifs is 1. The molecular formula is C22H25N3O5. The molecule has 3 rings (SSSR count). The summed E-state index contributed by atoms with van der Waals surface area (Å²) in [6, 6.07) is 11.9. The average Bonchev–Trinajstić information content (AvgIpc) is 2.74. The number of aliphatic carboxylic acids is 1. The van der Waals surface area contributed by atoms with Gasteiger partial charge in [-0.05, 0) is 48.9 Å². The van der Waals surface area contributed by atoms with Gasteiger partial charge in [0, 0.05) is 20.0 Å². The zero-order valence-electron chi connectivity index (χ0n) is 17.1. The van der Waals surface area contributed by atoms with Crippen LogP contribution in [0.4, 0.5) is 0 Å². The van der Waals surface area contributed by atoms with Gasteiger partial charge in [0.2, 0.25) is 0 Å². The summed E-state index contributed by atoms with van der Waals surface area (Å²) >= 11 is 0. The summed E-state index contributed by atoms with van der Waals surface area (Å²) in [5, 5.41) is 12.4. The molecule has 0 aliphatic rings. The molecule has 2 N–H and O–H groups in total. The Balaban J connectivity index is 1.99. The molecule has 1 heterocycles. The van der Waals surface area contributed by atoms with E-state index in [2.05, 4.69) is 5.32 Å². The van der Waals surface area contributed by atoms with E-state index in [0.29, 0.717) is 41.9 Å². The van der Waals surface area contributed by atoms with Crippen LogP contribution in [-0.2, 0) is 18.3 Å². The molecule has 3 aromatic rings. The number of hydrogen-bond donors (Lipinski definition) is 2. The highest BCUT2D eigenvalue weighted by molar-refractivity contribution is 5.80. The lowest BCUT2D eigenvalue weighted by molar-refractivity contribution is -0.136. The van der Waals surface area contributed by atoms with E-state index in [1.807, 2.05) is 6.92 Å². The normalized spacial score (nSPS) is 11.0. The van der Waals surface area contributed by atoms with Crippen molar-refractivity contribution in [2.75, 3.05) is 19.7 Å². The van der Waals surface area contributed by atoms with Gasteiger partial charge in [0.05, 0.1) is 16.6 Å². The average molecular weight is 411 g/mol. The molecule has 0 radical (unpaired) electrons. The molecule has 0 aliphatic heterocycles. The maximum atomic E-state index is 13.1. The van der Waals surface area contributed by atoms with Crippen molar-refractivity contribution >= 4 is 16.9 Å². The molecule has 0 aliphatic carbocycles. The van der Waals surface area contributed by atoms with Gasteiger partial charge in [0.15, 0.2) is 0 Å². The fraction of sp³-hybridized carbons (Fsp3) is 0.318. The molecule has 0 unspecified atom stereocenters. The van der Waals surface area contributed by atoms with Crippen LogP contribution >= 0.6 is 0 Å². The van der Waals surface area contributed by atoms with E-state index in [9.17, 15) is 14.4 Å². The standard InChI is InChI=1S/C22H25N3O5/c1-3-23-12-13-30-17-9-10-19-18(14-17)21(28)25(22(29)24(19)2)16-7-4-15(5-8-16)6-11-20(26)27/h4-5,7-10,14,23H,3,6,11-13H2,1-2H3,(H,26,27). The van der Waals surface area contributed by atoms with Crippen LogP contribution in [0.2, 0.25) is 0 Å². The Morgan fingerprint density at radius 2 is 1.87 bits per heavy atom. The second-order valence-corrected chi connectivity index (χ2v) is 6.92. The predicted molar refractivity (Wildman–Crippen MR) is 115 cm³/mol. The predicted octanol–water partition coefficient (Wildman–Crippen LogP) is 1.69. The molecule has 0 fully saturated rings. The number of likely N-dealkylation sites (N-methyl/N-ethyl adjacent to an activating group) is 1. The largest absolute Gasteiger partial charge is 0.492 e. The van der Waals surface area contributed by atoms with E-state index in [1.165, 1.54) is 4.57 Å². The van der Waals surface area contributed by atoms with Gasteiger partial charge in [0.25, 0.3) is 5.56 Å². The zero-order valence-corrected chi connectivity index (χ0v) is 17.1. The van der Waals surface area contributed by atoms with Crippen LogP contribution in [-0.4, -0.2) is 39.9 Å². The first kappa shape index (κ1) is 21.3. The fourth-order valence-electron chi connectivity index (χ4n) is 3.24. The van der Waals surface area contributed by atoms with E-state index >= 15 is 0 Å². The number of ether oxygens (including phenoxy) is 1. The van der Waals surface area contributed by atoms with Gasteiger partial charge < -0.3 is 15.2 Å². The summed E-state index contributed by atoms with van der Waals surface area (Å²) in [4.78, 5) is 36.7. The Bertz CT molecular complexity index is 1160. The van der Waals surface area contributed by atoms with E-state index in [0.717, 1.165) is 16.7 Å². The highest BCUT2D eigenvalue weighted by atomic mass is 16.5. The highest BCUT2D eigenvalue weighted by Crippen LogP contribution is 2.18. The molecule has 2 aromatic carbocycles. The minimum Gasteiger partial charge on any atom is -0.492 e. The van der Waals surface area contributed by atoms with Gasteiger partial charge in [0.1, 0.15) is 12.4 Å². The molecule has 30 heavy (non-hydrogen) atoms. The Labute approximate surface area is 173 Å². The molecule has 0 saturated heterocycles. The van der Waals surface area contributed by atoms with Crippen molar-refractivity contribution in [3.63, 3.8) is 0 Å². The molecule has 0 saturated carbocycles. The summed E-state index contributed by atoms with van der Waals surface area (Å²) in [6.45, 7) is 4.03. The van der Waals surface area contributed by atoms with Crippen LogP contribution in [0.5, 0.6) is 5.75 Å². The highest BCUT2D eigenvalue weighted by Gasteiger charge is 2.13. The molecule has 8 heteroatoms. The minimum absolute atomic E-state index is 0.0214. The van der Waals surface area contributed by atoms with Crippen LogP contribution in [0.25, 0.3) is 16.6 Å². The van der Waals surface area contributed by atoms with Crippen molar-refractivity contribution in [1.29, 1.82) is 0 Å². The number of nitrogens with zero attached hydrogens (tertiary/aromatic N) is 2. The molecule has 0 atom stereocenters. The number of carboxylic acids is 1. The van der Waals surface area contributed by atoms with Crippen molar-refractivity contribution in [2.24, 2.45) is 7.05 Å². The smallest absolute Gasteiger partial charge is 0.335 e. The molecule has 158 valence electrons. The summed E-state index contributed by atoms with van der Waals surface area (Å²) in [5.41, 5.74) is 0.900. The van der Waals surface area contributed by atoms with Gasteiger partial charge in [-0.15, -0.1) is 0 Å². The zero-order chi connectivity index (χ0) is 21.7. The van der Waals surface area contributed by atoms with Crippen molar-refractivity contribution in [3.8, 4) is 11.4 Å². The van der Waals surface area contributed by atoms with Gasteiger partial charge in [-0.25, -0.2) is 9.36 Å². The van der Waals surface area contributed by atoms with Gasteiger partial charge >= 0.3 is 11.7 Å². The Hall–Kier alpha value is -3.39. The van der Waals surface area contributed by atoms with Crippen molar-refractivity contribution in [3.05, 3.63) is 68.9 Å². The van der Waals surface area contributed by atoms with E-state index in [-0.39, 0.29) is 6.42 Å². The number of carboxylic acid groups (broad SMARTS) is 1. The maximum Gasteiger partial charge on any atom is 0.335 e. The Kier molecular flexibility index (Phi) is 6.68. The monoisotopic (exact) mass is 411 g/mol. The number of aryl methyl sites for hydroxylation is 2. The Morgan fingerprint density at radius 3 is 2.53 bits per heavy atom. The second-order valence-electron chi connectivity index (χ2n) is 6.92. The first-order chi connectivity index (χ1) is 14.4. The van der Waals surface area contributed by atoms with Gasteiger partial charge in [-0.2, -0.15) is 0 Å². The van der Waals surface area contributed by atoms with Crippen molar-refractivity contribution < 1.29 is 14.6 Å². The molecule has 0 bridgehead atoms. The molecular weight excluding hydrogens is 386 g/mol. The van der Waals surface area contributed by atoms with Crippen LogP contribution in [0, 0.1) is 0 Å². The van der Waals surface area contributed by atoms with Gasteiger partial charge in [-0.3, -0.25) is 14.2 Å². The fourth-order valence-corrected chi connectivity index (χ4v) is 3.24.